The van der Waals surface area contributed by atoms with Gasteiger partial charge < -0.3 is 14.5 Å². The Kier molecular flexibility index (Phi) is 7.17. The number of hydrogen-bond donors (Lipinski definition) is 1. The third-order valence-corrected chi connectivity index (χ3v) is 8.96. The molecule has 1 aromatic carbocycles. The predicted octanol–water partition coefficient (Wildman–Crippen LogP) is 4.44. The molecule has 0 aromatic heterocycles. The Labute approximate surface area is 139 Å². The molecule has 6 heteroatoms. The maximum Gasteiger partial charge on any atom is 0.255 e. The summed E-state index contributed by atoms with van der Waals surface area (Å²) in [7, 11) is -0.429. The summed E-state index contributed by atoms with van der Waals surface area (Å²) in [6.45, 7) is 10.8. The minimum Gasteiger partial charge on any atom is -0.497 e. The van der Waals surface area contributed by atoms with Crippen LogP contribution in [-0.4, -0.2) is 34.5 Å². The van der Waals surface area contributed by atoms with Crippen LogP contribution >= 0.6 is 0 Å². The first-order valence-corrected chi connectivity index (χ1v) is 10.8. The number of nitrogens with one attached hydrogen (secondary N) is 1. The van der Waals surface area contributed by atoms with Crippen molar-refractivity contribution < 1.29 is 17.9 Å². The summed E-state index contributed by atoms with van der Waals surface area (Å²) in [4.78, 5) is 0. The van der Waals surface area contributed by atoms with E-state index < -0.39 is 20.8 Å². The lowest BCUT2D eigenvalue weighted by Gasteiger charge is -2.37. The van der Waals surface area contributed by atoms with Crippen LogP contribution in [0.4, 0.5) is 8.78 Å². The van der Waals surface area contributed by atoms with E-state index in [0.29, 0.717) is 6.54 Å². The van der Waals surface area contributed by atoms with Crippen LogP contribution in [-0.2, 0) is 11.0 Å². The van der Waals surface area contributed by atoms with Crippen molar-refractivity contribution in [3.8, 4) is 5.75 Å². The first-order valence-electron chi connectivity index (χ1n) is 7.85. The van der Waals surface area contributed by atoms with Crippen LogP contribution < -0.4 is 10.1 Å². The number of benzene rings is 1. The molecule has 0 aliphatic rings. The van der Waals surface area contributed by atoms with Crippen LogP contribution in [0.3, 0.4) is 0 Å². The third-order valence-electron chi connectivity index (χ3n) is 4.46. The Morgan fingerprint density at radius 3 is 2.13 bits per heavy atom. The molecule has 0 fully saturated rings. The van der Waals surface area contributed by atoms with Gasteiger partial charge in [0, 0.05) is 6.54 Å². The van der Waals surface area contributed by atoms with E-state index in [1.807, 2.05) is 24.3 Å². The van der Waals surface area contributed by atoms with Gasteiger partial charge in [-0.05, 0) is 35.8 Å². The molecule has 0 heterocycles. The first-order chi connectivity index (χ1) is 10.6. The molecule has 0 saturated heterocycles. The highest BCUT2D eigenvalue weighted by Crippen LogP contribution is 2.36. The van der Waals surface area contributed by atoms with Gasteiger partial charge in [0.1, 0.15) is 5.75 Å². The van der Waals surface area contributed by atoms with Crippen molar-refractivity contribution >= 4 is 8.32 Å². The number of rotatable bonds is 8. The summed E-state index contributed by atoms with van der Waals surface area (Å²) in [6, 6.07) is 6.40. The van der Waals surface area contributed by atoms with Gasteiger partial charge in [-0.1, -0.05) is 32.9 Å². The van der Waals surface area contributed by atoms with Crippen molar-refractivity contribution in [2.24, 2.45) is 0 Å². The van der Waals surface area contributed by atoms with Gasteiger partial charge in [-0.3, -0.25) is 0 Å². The maximum atomic E-state index is 13.2. The molecule has 0 saturated carbocycles. The molecular weight excluding hydrogens is 316 g/mol. The van der Waals surface area contributed by atoms with Crippen molar-refractivity contribution in [2.75, 3.05) is 13.7 Å². The van der Waals surface area contributed by atoms with Gasteiger partial charge in [0.2, 0.25) is 0 Å². The van der Waals surface area contributed by atoms with Gasteiger partial charge in [0.25, 0.3) is 6.43 Å². The Hall–Kier alpha value is -0.983. The second-order valence-corrected chi connectivity index (χ2v) is 12.1. The van der Waals surface area contributed by atoms with E-state index in [4.69, 9.17) is 9.16 Å². The molecule has 132 valence electrons. The third kappa shape index (κ3) is 6.20. The standard InChI is InChI=1S/C17H29F2NO2Si/c1-17(2,3)23(5,6)22-12-15(16(18)19)20-11-13-7-9-14(21-4)10-8-13/h7-10,15-16,20H,11-12H2,1-6H3/t15-/m0/s1. The lowest BCUT2D eigenvalue weighted by Crippen LogP contribution is -2.47. The van der Waals surface area contributed by atoms with Crippen LogP contribution in [0.15, 0.2) is 24.3 Å². The zero-order valence-corrected chi connectivity index (χ0v) is 16.0. The van der Waals surface area contributed by atoms with E-state index in [1.165, 1.54) is 0 Å². The molecule has 0 unspecified atom stereocenters. The number of hydrogen-bond acceptors (Lipinski definition) is 3. The van der Waals surface area contributed by atoms with Gasteiger partial charge in [-0.25, -0.2) is 8.78 Å². The van der Waals surface area contributed by atoms with Crippen molar-refractivity contribution in [1.82, 2.24) is 5.32 Å². The Balaban J connectivity index is 2.58. The van der Waals surface area contributed by atoms with E-state index in [2.05, 4.69) is 39.2 Å². The van der Waals surface area contributed by atoms with E-state index >= 15 is 0 Å². The maximum absolute atomic E-state index is 13.2. The SMILES string of the molecule is COc1ccc(CN[C@@H](CO[Si](C)(C)C(C)(C)C)C(F)F)cc1. The summed E-state index contributed by atoms with van der Waals surface area (Å²) in [5, 5.41) is 2.91. The van der Waals surface area contributed by atoms with Crippen LogP contribution in [0.2, 0.25) is 18.1 Å². The summed E-state index contributed by atoms with van der Waals surface area (Å²) in [6.07, 6.45) is -2.46. The van der Waals surface area contributed by atoms with Crippen molar-refractivity contribution in [2.45, 2.75) is 57.9 Å². The van der Waals surface area contributed by atoms with Gasteiger partial charge in [-0.15, -0.1) is 0 Å². The van der Waals surface area contributed by atoms with E-state index in [0.717, 1.165) is 11.3 Å². The zero-order valence-electron chi connectivity index (χ0n) is 15.0. The molecule has 23 heavy (non-hydrogen) atoms. The predicted molar refractivity (Wildman–Crippen MR) is 92.8 cm³/mol. The molecule has 0 aliphatic heterocycles. The smallest absolute Gasteiger partial charge is 0.255 e. The first kappa shape index (κ1) is 20.1. The highest BCUT2D eigenvalue weighted by Gasteiger charge is 2.38. The minimum atomic E-state index is -2.46. The lowest BCUT2D eigenvalue weighted by molar-refractivity contribution is 0.0672. The summed E-state index contributed by atoms with van der Waals surface area (Å²) in [5.41, 5.74) is 0.934. The normalized spacial score (nSPS) is 14.1. The molecule has 0 radical (unpaired) electrons. The Morgan fingerprint density at radius 2 is 1.70 bits per heavy atom. The highest BCUT2D eigenvalue weighted by atomic mass is 28.4. The fourth-order valence-corrected chi connectivity index (χ4v) is 2.76. The zero-order chi connectivity index (χ0) is 17.7. The van der Waals surface area contributed by atoms with Crippen molar-refractivity contribution in [3.05, 3.63) is 29.8 Å². The highest BCUT2D eigenvalue weighted by molar-refractivity contribution is 6.74. The fraction of sp³-hybridized carbons (Fsp3) is 0.647. The van der Waals surface area contributed by atoms with Crippen LogP contribution in [0.1, 0.15) is 26.3 Å². The molecule has 1 rings (SSSR count). The topological polar surface area (TPSA) is 30.5 Å². The molecule has 1 aromatic rings. The molecule has 1 N–H and O–H groups in total. The second kappa shape index (κ2) is 8.21. The van der Waals surface area contributed by atoms with E-state index in [-0.39, 0.29) is 11.6 Å². The average Bonchev–Trinajstić information content (AvgIpc) is 2.46. The molecule has 0 spiro atoms. The van der Waals surface area contributed by atoms with Gasteiger partial charge in [0.05, 0.1) is 19.8 Å². The lowest BCUT2D eigenvalue weighted by atomic mass is 10.2. The van der Waals surface area contributed by atoms with Crippen molar-refractivity contribution in [1.29, 1.82) is 0 Å². The monoisotopic (exact) mass is 345 g/mol. The Morgan fingerprint density at radius 1 is 1.13 bits per heavy atom. The van der Waals surface area contributed by atoms with E-state index in [1.54, 1.807) is 7.11 Å². The number of halogens is 2. The molecule has 3 nitrogen and oxygen atoms in total. The van der Waals surface area contributed by atoms with Crippen molar-refractivity contribution in [3.63, 3.8) is 0 Å². The molecule has 0 bridgehead atoms. The molecule has 0 amide bonds. The summed E-state index contributed by atoms with van der Waals surface area (Å²) < 4.78 is 37.5. The van der Waals surface area contributed by atoms with Crippen LogP contribution in [0.25, 0.3) is 0 Å². The second-order valence-electron chi connectivity index (χ2n) is 7.24. The van der Waals surface area contributed by atoms with E-state index in [9.17, 15) is 8.78 Å². The van der Waals surface area contributed by atoms with Crippen LogP contribution in [0, 0.1) is 0 Å². The van der Waals surface area contributed by atoms with Gasteiger partial charge in [0.15, 0.2) is 8.32 Å². The molecular formula is C17H29F2NO2Si. The molecule has 0 aliphatic carbocycles. The molecule has 1 atom stereocenters. The number of ether oxygens (including phenoxy) is 1. The minimum absolute atomic E-state index is 0.00958. The van der Waals surface area contributed by atoms with Gasteiger partial charge >= 0.3 is 0 Å². The fourth-order valence-electron chi connectivity index (χ4n) is 1.73. The largest absolute Gasteiger partial charge is 0.497 e. The van der Waals surface area contributed by atoms with Gasteiger partial charge in [-0.2, -0.15) is 0 Å². The number of alkyl halides is 2. The summed E-state index contributed by atoms with van der Waals surface area (Å²) in [5.74, 6) is 0.750. The average molecular weight is 346 g/mol. The quantitative estimate of drug-likeness (QED) is 0.707. The summed E-state index contributed by atoms with van der Waals surface area (Å²) >= 11 is 0. The Bertz CT molecular complexity index is 472. The number of methoxy groups -OCH3 is 1. The van der Waals surface area contributed by atoms with Crippen LogP contribution in [0.5, 0.6) is 5.75 Å².